The van der Waals surface area contributed by atoms with E-state index in [0.717, 1.165) is 24.5 Å². The summed E-state index contributed by atoms with van der Waals surface area (Å²) in [6.07, 6.45) is 2.09. The molecule has 1 aliphatic carbocycles. The number of aromatic nitrogens is 1. The third-order valence-electron chi connectivity index (χ3n) is 4.89. The lowest BCUT2D eigenvalue weighted by Gasteiger charge is -2.36. The van der Waals surface area contributed by atoms with Crippen LogP contribution in [0.5, 0.6) is 0 Å². The molecule has 0 saturated carbocycles. The Hall–Kier alpha value is -2.69. The SMILES string of the molecule is O=C1CC(C(=O)N2CCN(c3ccccn3)CC2)c2ccccc21. The summed E-state index contributed by atoms with van der Waals surface area (Å²) in [6.45, 7) is 2.88. The molecule has 5 heteroatoms. The maximum atomic E-state index is 12.9. The van der Waals surface area contributed by atoms with E-state index in [1.54, 1.807) is 6.20 Å². The van der Waals surface area contributed by atoms with Gasteiger partial charge in [-0.05, 0) is 17.7 Å². The average Bonchev–Trinajstić information content (AvgIpc) is 2.99. The van der Waals surface area contributed by atoms with Crippen LogP contribution >= 0.6 is 0 Å². The fourth-order valence-electron chi connectivity index (χ4n) is 3.60. The van der Waals surface area contributed by atoms with Gasteiger partial charge in [0.2, 0.25) is 5.91 Å². The molecular formula is C19H19N3O2. The van der Waals surface area contributed by atoms with Crippen LogP contribution in [0.2, 0.25) is 0 Å². The highest BCUT2D eigenvalue weighted by Crippen LogP contribution is 2.34. The zero-order chi connectivity index (χ0) is 16.5. The van der Waals surface area contributed by atoms with E-state index in [-0.39, 0.29) is 17.6 Å². The van der Waals surface area contributed by atoms with E-state index in [1.807, 2.05) is 47.4 Å². The van der Waals surface area contributed by atoms with Crippen molar-refractivity contribution in [1.82, 2.24) is 9.88 Å². The molecule has 1 aromatic carbocycles. The van der Waals surface area contributed by atoms with E-state index in [1.165, 1.54) is 0 Å². The smallest absolute Gasteiger partial charge is 0.230 e. The Balaban J connectivity index is 1.45. The summed E-state index contributed by atoms with van der Waals surface area (Å²) in [4.78, 5) is 33.5. The molecule has 1 saturated heterocycles. The van der Waals surface area contributed by atoms with Gasteiger partial charge in [-0.2, -0.15) is 0 Å². The molecule has 5 nitrogen and oxygen atoms in total. The number of anilines is 1. The van der Waals surface area contributed by atoms with Gasteiger partial charge in [-0.1, -0.05) is 30.3 Å². The van der Waals surface area contributed by atoms with Gasteiger partial charge in [0.15, 0.2) is 5.78 Å². The molecule has 0 spiro atoms. The van der Waals surface area contributed by atoms with Gasteiger partial charge in [0, 0.05) is 44.4 Å². The Kier molecular flexibility index (Phi) is 3.76. The van der Waals surface area contributed by atoms with Crippen molar-refractivity contribution in [1.29, 1.82) is 0 Å². The number of Topliss-reactive ketones (excluding diaryl/α,β-unsaturated/α-hetero) is 1. The first-order valence-corrected chi connectivity index (χ1v) is 8.31. The van der Waals surface area contributed by atoms with E-state index >= 15 is 0 Å². The Labute approximate surface area is 140 Å². The summed E-state index contributed by atoms with van der Waals surface area (Å²) in [5, 5.41) is 0. The fourth-order valence-corrected chi connectivity index (χ4v) is 3.60. The molecule has 24 heavy (non-hydrogen) atoms. The molecule has 2 heterocycles. The van der Waals surface area contributed by atoms with Crippen LogP contribution < -0.4 is 4.90 Å². The van der Waals surface area contributed by atoms with Gasteiger partial charge in [0.1, 0.15) is 5.82 Å². The van der Waals surface area contributed by atoms with Crippen molar-refractivity contribution in [3.05, 3.63) is 59.8 Å². The Morgan fingerprint density at radius 3 is 2.50 bits per heavy atom. The molecule has 0 N–H and O–H groups in total. The highest BCUT2D eigenvalue weighted by atomic mass is 16.2. The average molecular weight is 321 g/mol. The summed E-state index contributed by atoms with van der Waals surface area (Å²) in [6, 6.07) is 13.4. The molecular weight excluding hydrogens is 302 g/mol. The van der Waals surface area contributed by atoms with Crippen LogP contribution in [0.3, 0.4) is 0 Å². The third kappa shape index (κ3) is 2.56. The van der Waals surface area contributed by atoms with E-state index in [0.29, 0.717) is 25.1 Å². The van der Waals surface area contributed by atoms with Crippen molar-refractivity contribution in [2.45, 2.75) is 12.3 Å². The standard InChI is InChI=1S/C19H19N3O2/c23-17-13-16(14-5-1-2-6-15(14)17)19(24)22-11-9-21(10-12-22)18-7-3-4-8-20-18/h1-8,16H,9-13H2. The third-order valence-corrected chi connectivity index (χ3v) is 4.89. The number of nitrogens with zero attached hydrogens (tertiary/aromatic N) is 3. The number of hydrogen-bond donors (Lipinski definition) is 0. The molecule has 1 amide bonds. The van der Waals surface area contributed by atoms with E-state index in [9.17, 15) is 9.59 Å². The second kappa shape index (κ2) is 6.07. The number of hydrogen-bond acceptors (Lipinski definition) is 4. The lowest BCUT2D eigenvalue weighted by Crippen LogP contribution is -2.50. The van der Waals surface area contributed by atoms with Gasteiger partial charge >= 0.3 is 0 Å². The first-order chi connectivity index (χ1) is 11.7. The van der Waals surface area contributed by atoms with Crippen LogP contribution in [-0.4, -0.2) is 47.8 Å². The molecule has 1 unspecified atom stereocenters. The van der Waals surface area contributed by atoms with Crippen molar-refractivity contribution < 1.29 is 9.59 Å². The maximum Gasteiger partial charge on any atom is 0.230 e. The van der Waals surface area contributed by atoms with Crippen LogP contribution in [0.15, 0.2) is 48.7 Å². The molecule has 2 aromatic rings. The zero-order valence-electron chi connectivity index (χ0n) is 13.4. The maximum absolute atomic E-state index is 12.9. The second-order valence-corrected chi connectivity index (χ2v) is 6.27. The van der Waals surface area contributed by atoms with Crippen LogP contribution in [0.25, 0.3) is 0 Å². The number of piperazine rings is 1. The fraction of sp³-hybridized carbons (Fsp3) is 0.316. The van der Waals surface area contributed by atoms with Crippen molar-refractivity contribution in [3.63, 3.8) is 0 Å². The molecule has 1 aromatic heterocycles. The highest BCUT2D eigenvalue weighted by molar-refractivity contribution is 6.06. The van der Waals surface area contributed by atoms with Gasteiger partial charge in [0.25, 0.3) is 0 Å². The van der Waals surface area contributed by atoms with Gasteiger partial charge < -0.3 is 9.80 Å². The van der Waals surface area contributed by atoms with E-state index in [4.69, 9.17) is 0 Å². The zero-order valence-corrected chi connectivity index (χ0v) is 13.4. The summed E-state index contributed by atoms with van der Waals surface area (Å²) in [5.74, 6) is 0.797. The Morgan fingerprint density at radius 1 is 1.00 bits per heavy atom. The number of amides is 1. The van der Waals surface area contributed by atoms with Crippen LogP contribution in [-0.2, 0) is 4.79 Å². The molecule has 1 fully saturated rings. The summed E-state index contributed by atoms with van der Waals surface area (Å²) in [7, 11) is 0. The molecule has 1 aliphatic heterocycles. The minimum atomic E-state index is -0.310. The number of pyridine rings is 1. The molecule has 4 rings (SSSR count). The van der Waals surface area contributed by atoms with Crippen molar-refractivity contribution in [2.75, 3.05) is 31.1 Å². The molecule has 2 aliphatic rings. The number of carbonyl (C=O) groups is 2. The summed E-state index contributed by atoms with van der Waals surface area (Å²) >= 11 is 0. The minimum absolute atomic E-state index is 0.0778. The van der Waals surface area contributed by atoms with Crippen molar-refractivity contribution >= 4 is 17.5 Å². The van der Waals surface area contributed by atoms with Crippen LogP contribution in [0, 0.1) is 0 Å². The van der Waals surface area contributed by atoms with E-state index in [2.05, 4.69) is 9.88 Å². The quantitative estimate of drug-likeness (QED) is 0.850. The monoisotopic (exact) mass is 321 g/mol. The van der Waals surface area contributed by atoms with Gasteiger partial charge in [0.05, 0.1) is 5.92 Å². The second-order valence-electron chi connectivity index (χ2n) is 6.27. The normalized spacial score (nSPS) is 20.2. The van der Waals surface area contributed by atoms with Crippen LogP contribution in [0.4, 0.5) is 5.82 Å². The lowest BCUT2D eigenvalue weighted by atomic mass is 9.99. The Morgan fingerprint density at radius 2 is 1.75 bits per heavy atom. The first kappa shape index (κ1) is 14.9. The first-order valence-electron chi connectivity index (χ1n) is 8.31. The van der Waals surface area contributed by atoms with Crippen molar-refractivity contribution in [2.24, 2.45) is 0 Å². The number of fused-ring (bicyclic) bond motifs is 1. The number of carbonyl (C=O) groups excluding carboxylic acids is 2. The summed E-state index contributed by atoms with van der Waals surface area (Å²) < 4.78 is 0. The molecule has 0 radical (unpaired) electrons. The number of benzene rings is 1. The topological polar surface area (TPSA) is 53.5 Å². The molecule has 1 atom stereocenters. The van der Waals surface area contributed by atoms with Gasteiger partial charge in [-0.15, -0.1) is 0 Å². The largest absolute Gasteiger partial charge is 0.353 e. The minimum Gasteiger partial charge on any atom is -0.353 e. The highest BCUT2D eigenvalue weighted by Gasteiger charge is 2.37. The Bertz CT molecular complexity index is 767. The van der Waals surface area contributed by atoms with Crippen molar-refractivity contribution in [3.8, 4) is 0 Å². The van der Waals surface area contributed by atoms with Crippen LogP contribution in [0.1, 0.15) is 28.3 Å². The lowest BCUT2D eigenvalue weighted by molar-refractivity contribution is -0.133. The summed E-state index contributed by atoms with van der Waals surface area (Å²) in [5.41, 5.74) is 1.60. The van der Waals surface area contributed by atoms with Gasteiger partial charge in [-0.3, -0.25) is 9.59 Å². The number of rotatable bonds is 2. The predicted octanol–water partition coefficient (Wildman–Crippen LogP) is 2.10. The van der Waals surface area contributed by atoms with E-state index < -0.39 is 0 Å². The number of ketones is 1. The predicted molar refractivity (Wildman–Crippen MR) is 91.2 cm³/mol. The van der Waals surface area contributed by atoms with Gasteiger partial charge in [-0.25, -0.2) is 4.98 Å². The molecule has 122 valence electrons. The molecule has 0 bridgehead atoms.